The van der Waals surface area contributed by atoms with E-state index in [1.54, 1.807) is 24.3 Å². The highest BCUT2D eigenvalue weighted by Crippen LogP contribution is 2.32. The molecule has 0 aliphatic carbocycles. The van der Waals surface area contributed by atoms with Gasteiger partial charge in [-0.25, -0.2) is 9.18 Å². The number of benzene rings is 2. The van der Waals surface area contributed by atoms with Gasteiger partial charge in [0.2, 0.25) is 0 Å². The van der Waals surface area contributed by atoms with Crippen LogP contribution >= 0.6 is 0 Å². The lowest BCUT2D eigenvalue weighted by Gasteiger charge is -2.10. The third-order valence-electron chi connectivity index (χ3n) is 3.76. The highest BCUT2D eigenvalue weighted by molar-refractivity contribution is 5.90. The van der Waals surface area contributed by atoms with E-state index in [1.807, 2.05) is 13.0 Å². The average Bonchev–Trinajstić information content (AvgIpc) is 3.09. The molecule has 1 heterocycles. The minimum Gasteiger partial charge on any atom is -0.465 e. The van der Waals surface area contributed by atoms with Crippen LogP contribution in [0.3, 0.4) is 0 Å². The molecule has 0 spiro atoms. The van der Waals surface area contributed by atoms with Crippen molar-refractivity contribution in [3.8, 4) is 22.8 Å². The van der Waals surface area contributed by atoms with Gasteiger partial charge in [-0.15, -0.1) is 0 Å². The first-order valence-corrected chi connectivity index (χ1v) is 7.80. The molecule has 3 aromatic rings. The summed E-state index contributed by atoms with van der Waals surface area (Å²) in [6, 6.07) is 11.3. The fraction of sp³-hybridized carbons (Fsp3) is 0.158. The summed E-state index contributed by atoms with van der Waals surface area (Å²) in [5, 5.41) is 6.85. The molecule has 5 nitrogen and oxygen atoms in total. The maximum atomic E-state index is 13.1. The summed E-state index contributed by atoms with van der Waals surface area (Å²) in [5.41, 5.74) is 2.74. The Morgan fingerprint density at radius 3 is 2.64 bits per heavy atom. The number of rotatable bonds is 5. The van der Waals surface area contributed by atoms with E-state index in [2.05, 4.69) is 10.2 Å². The number of aryl methyl sites for hydroxylation is 1. The van der Waals surface area contributed by atoms with Crippen LogP contribution in [0.15, 0.2) is 48.7 Å². The molecule has 1 N–H and O–H groups in total. The number of hydrogen-bond acceptors (Lipinski definition) is 4. The van der Waals surface area contributed by atoms with Gasteiger partial charge in [0.05, 0.1) is 18.9 Å². The van der Waals surface area contributed by atoms with E-state index in [-0.39, 0.29) is 5.82 Å². The molecule has 0 bridgehead atoms. The molecule has 25 heavy (non-hydrogen) atoms. The molecule has 128 valence electrons. The van der Waals surface area contributed by atoms with E-state index in [0.29, 0.717) is 22.8 Å². The summed E-state index contributed by atoms with van der Waals surface area (Å²) in [6.45, 7) is 1.99. The van der Waals surface area contributed by atoms with E-state index in [9.17, 15) is 9.18 Å². The third kappa shape index (κ3) is 3.68. The predicted molar refractivity (Wildman–Crippen MR) is 91.2 cm³/mol. The summed E-state index contributed by atoms with van der Waals surface area (Å²) < 4.78 is 23.8. The first kappa shape index (κ1) is 16.7. The number of nitrogens with zero attached hydrogens (tertiary/aromatic N) is 1. The van der Waals surface area contributed by atoms with Crippen LogP contribution < -0.4 is 4.74 Å². The maximum absolute atomic E-state index is 13.1. The van der Waals surface area contributed by atoms with Gasteiger partial charge in [0.15, 0.2) is 5.75 Å². The van der Waals surface area contributed by atoms with Gasteiger partial charge in [0.1, 0.15) is 17.3 Å². The van der Waals surface area contributed by atoms with E-state index in [0.717, 1.165) is 17.5 Å². The van der Waals surface area contributed by atoms with E-state index < -0.39 is 5.97 Å². The summed E-state index contributed by atoms with van der Waals surface area (Å²) >= 11 is 0. The summed E-state index contributed by atoms with van der Waals surface area (Å²) in [4.78, 5) is 11.8. The largest absolute Gasteiger partial charge is 0.465 e. The van der Waals surface area contributed by atoms with Crippen LogP contribution in [-0.4, -0.2) is 23.3 Å². The number of hydrogen-bond donors (Lipinski definition) is 1. The molecule has 0 fully saturated rings. The fourth-order valence-electron chi connectivity index (χ4n) is 2.46. The highest BCUT2D eigenvalue weighted by Gasteiger charge is 2.13. The average molecular weight is 340 g/mol. The first-order valence-electron chi connectivity index (χ1n) is 7.80. The number of ether oxygens (including phenoxy) is 2. The number of halogens is 1. The van der Waals surface area contributed by atoms with Gasteiger partial charge in [-0.3, -0.25) is 5.10 Å². The van der Waals surface area contributed by atoms with Crippen LogP contribution in [0, 0.1) is 5.82 Å². The van der Waals surface area contributed by atoms with Crippen LogP contribution in [0.1, 0.15) is 22.8 Å². The number of aromatic amines is 1. The Hall–Kier alpha value is -3.15. The van der Waals surface area contributed by atoms with Crippen molar-refractivity contribution in [2.24, 2.45) is 0 Å². The minimum atomic E-state index is -0.425. The molecule has 0 unspecified atom stereocenters. The second-order valence-electron chi connectivity index (χ2n) is 5.43. The van der Waals surface area contributed by atoms with E-state index in [4.69, 9.17) is 9.47 Å². The minimum absolute atomic E-state index is 0.316. The van der Waals surface area contributed by atoms with Crippen molar-refractivity contribution in [3.05, 3.63) is 65.6 Å². The molecule has 2 aromatic carbocycles. The second-order valence-corrected chi connectivity index (χ2v) is 5.43. The SMILES string of the molecule is CCc1cc(Oc2cn[nH]c2-c2ccc(F)cc2)cc(C(=O)OC)c1. The number of carbonyl (C=O) groups excluding carboxylic acids is 1. The van der Waals surface area contributed by atoms with Gasteiger partial charge in [-0.05, 0) is 54.4 Å². The van der Waals surface area contributed by atoms with Crippen molar-refractivity contribution in [3.63, 3.8) is 0 Å². The van der Waals surface area contributed by atoms with Crippen LogP contribution in [-0.2, 0) is 11.2 Å². The molecule has 0 aliphatic rings. The van der Waals surface area contributed by atoms with Gasteiger partial charge >= 0.3 is 5.97 Å². The van der Waals surface area contributed by atoms with Gasteiger partial charge in [-0.1, -0.05) is 6.92 Å². The molecule has 0 radical (unpaired) electrons. The molecule has 0 atom stereocenters. The fourth-order valence-corrected chi connectivity index (χ4v) is 2.46. The Morgan fingerprint density at radius 1 is 1.20 bits per heavy atom. The molecule has 0 aliphatic heterocycles. The topological polar surface area (TPSA) is 64.2 Å². The number of H-pyrrole nitrogens is 1. The Bertz CT molecular complexity index is 888. The summed E-state index contributed by atoms with van der Waals surface area (Å²) in [6.07, 6.45) is 2.28. The van der Waals surface area contributed by atoms with Crippen molar-refractivity contribution >= 4 is 5.97 Å². The molecule has 3 rings (SSSR count). The molecule has 1 aromatic heterocycles. The molecule has 0 amide bonds. The highest BCUT2D eigenvalue weighted by atomic mass is 19.1. The van der Waals surface area contributed by atoms with Crippen molar-refractivity contribution in [2.75, 3.05) is 7.11 Å². The second kappa shape index (κ2) is 7.17. The van der Waals surface area contributed by atoms with Crippen molar-refractivity contribution in [2.45, 2.75) is 13.3 Å². The lowest BCUT2D eigenvalue weighted by atomic mass is 10.1. The van der Waals surface area contributed by atoms with Crippen LogP contribution in [0.2, 0.25) is 0 Å². The van der Waals surface area contributed by atoms with E-state index >= 15 is 0 Å². The Labute approximate surface area is 144 Å². The normalized spacial score (nSPS) is 10.5. The monoisotopic (exact) mass is 340 g/mol. The number of carbonyl (C=O) groups is 1. The molecular weight excluding hydrogens is 323 g/mol. The molecule has 0 saturated carbocycles. The lowest BCUT2D eigenvalue weighted by Crippen LogP contribution is -2.02. The number of methoxy groups -OCH3 is 1. The van der Waals surface area contributed by atoms with Crippen molar-refractivity contribution < 1.29 is 18.7 Å². The number of aromatic nitrogens is 2. The number of esters is 1. The van der Waals surface area contributed by atoms with Crippen LogP contribution in [0.4, 0.5) is 4.39 Å². The zero-order chi connectivity index (χ0) is 17.8. The smallest absolute Gasteiger partial charge is 0.337 e. The Morgan fingerprint density at radius 2 is 1.96 bits per heavy atom. The number of nitrogens with one attached hydrogen (secondary N) is 1. The Kier molecular flexibility index (Phi) is 4.79. The Balaban J connectivity index is 1.94. The zero-order valence-electron chi connectivity index (χ0n) is 13.9. The lowest BCUT2D eigenvalue weighted by molar-refractivity contribution is 0.0600. The standard InChI is InChI=1S/C19H17FN2O3/c1-3-12-8-14(19(23)24-2)10-16(9-12)25-17-11-21-22-18(17)13-4-6-15(20)7-5-13/h4-11H,3H2,1-2H3,(H,21,22). The maximum Gasteiger partial charge on any atom is 0.337 e. The summed E-state index contributed by atoms with van der Waals surface area (Å²) in [7, 11) is 1.34. The van der Waals surface area contributed by atoms with Gasteiger partial charge in [0, 0.05) is 5.56 Å². The third-order valence-corrected chi connectivity index (χ3v) is 3.76. The van der Waals surface area contributed by atoms with E-state index in [1.165, 1.54) is 25.4 Å². The van der Waals surface area contributed by atoms with Crippen molar-refractivity contribution in [1.29, 1.82) is 0 Å². The molecule has 6 heteroatoms. The first-order chi connectivity index (χ1) is 12.1. The molecule has 0 saturated heterocycles. The van der Waals surface area contributed by atoms with Crippen LogP contribution in [0.25, 0.3) is 11.3 Å². The zero-order valence-corrected chi connectivity index (χ0v) is 13.9. The van der Waals surface area contributed by atoms with Gasteiger partial charge in [-0.2, -0.15) is 5.10 Å². The van der Waals surface area contributed by atoms with Crippen molar-refractivity contribution in [1.82, 2.24) is 10.2 Å². The van der Waals surface area contributed by atoms with Gasteiger partial charge in [0.25, 0.3) is 0 Å². The van der Waals surface area contributed by atoms with Crippen LogP contribution in [0.5, 0.6) is 11.5 Å². The summed E-state index contributed by atoms with van der Waals surface area (Å²) in [5.74, 6) is 0.246. The quantitative estimate of drug-likeness (QED) is 0.701. The predicted octanol–water partition coefficient (Wildman–Crippen LogP) is 4.36. The van der Waals surface area contributed by atoms with Gasteiger partial charge < -0.3 is 9.47 Å². The molecular formula is C19H17FN2O3.